The Bertz CT molecular complexity index is 1550. The van der Waals surface area contributed by atoms with Crippen LogP contribution in [0, 0.1) is 5.92 Å². The summed E-state index contributed by atoms with van der Waals surface area (Å²) in [5.41, 5.74) is 6.51. The van der Waals surface area contributed by atoms with Gasteiger partial charge in [-0.2, -0.15) is 4.58 Å². The average molecular weight is 666 g/mol. The van der Waals surface area contributed by atoms with E-state index in [1.54, 1.807) is 13.2 Å². The standard InChI is InChI=1S/C36H46N2O4S2.C2H6/c1-25(2)32(39)15-11-10-14-22-38-31-20-18-26(43-42-8)23-28(31)36(5,6)34(38)17-13-9-12-16-33-35(3,4)29-24-27(44(40)41)19-21-30(29)37(33)7;1-2/h9,12-13,16-21,23-25H,10-11,14-15,22H2,1-8H3;1-2H3/p+1. The molecule has 250 valence electrons. The zero-order valence-electron chi connectivity index (χ0n) is 29.3. The van der Waals surface area contributed by atoms with Crippen LogP contribution in [0.25, 0.3) is 0 Å². The number of carbonyl (C=O) groups excluding carboxylic acids is 1. The van der Waals surface area contributed by atoms with Crippen LogP contribution in [0.15, 0.2) is 82.3 Å². The first kappa shape index (κ1) is 37.7. The Kier molecular flexibility index (Phi) is 13.4. The van der Waals surface area contributed by atoms with E-state index in [1.165, 1.54) is 29.0 Å². The molecule has 2 aliphatic rings. The molecule has 0 saturated heterocycles. The predicted octanol–water partition coefficient (Wildman–Crippen LogP) is 9.53. The van der Waals surface area contributed by atoms with Crippen LogP contribution in [-0.4, -0.2) is 45.5 Å². The maximum Gasteiger partial charge on any atom is 0.209 e. The molecule has 0 aromatic heterocycles. The molecule has 0 radical (unpaired) electrons. The molecule has 46 heavy (non-hydrogen) atoms. The van der Waals surface area contributed by atoms with E-state index >= 15 is 0 Å². The van der Waals surface area contributed by atoms with E-state index in [-0.39, 0.29) is 16.7 Å². The number of benzene rings is 2. The van der Waals surface area contributed by atoms with Crippen LogP contribution in [0.1, 0.15) is 92.2 Å². The number of carbonyl (C=O) groups is 1. The fourth-order valence-corrected chi connectivity index (χ4v) is 7.24. The lowest BCUT2D eigenvalue weighted by atomic mass is 9.81. The normalized spacial score (nSPS) is 18.0. The van der Waals surface area contributed by atoms with Gasteiger partial charge >= 0.3 is 0 Å². The topological polar surface area (TPSA) is 69.9 Å². The van der Waals surface area contributed by atoms with Gasteiger partial charge in [0.15, 0.2) is 16.8 Å². The Hall–Kier alpha value is -2.78. The fourth-order valence-electron chi connectivity index (χ4n) is 6.36. The van der Waals surface area contributed by atoms with Crippen LogP contribution >= 0.6 is 12.0 Å². The van der Waals surface area contributed by atoms with Crippen molar-refractivity contribution in [3.63, 3.8) is 0 Å². The van der Waals surface area contributed by atoms with Gasteiger partial charge in [0.1, 0.15) is 12.8 Å². The van der Waals surface area contributed by atoms with Crippen LogP contribution in [0.3, 0.4) is 0 Å². The summed E-state index contributed by atoms with van der Waals surface area (Å²) in [6.07, 6.45) is 14.2. The minimum absolute atomic E-state index is 0.107. The highest BCUT2D eigenvalue weighted by molar-refractivity contribution is 7.94. The molecule has 1 unspecified atom stereocenters. The van der Waals surface area contributed by atoms with Crippen LogP contribution in [0.4, 0.5) is 11.4 Å². The molecule has 2 aromatic carbocycles. The molecular formula is C38H53N2O4S2+. The van der Waals surface area contributed by atoms with Crippen molar-refractivity contribution in [2.45, 2.75) is 102 Å². The second kappa shape index (κ2) is 16.4. The predicted molar refractivity (Wildman–Crippen MR) is 195 cm³/mol. The Balaban J connectivity index is 0.00000282. The first-order chi connectivity index (χ1) is 21.8. The molecular weight excluding hydrogens is 613 g/mol. The van der Waals surface area contributed by atoms with Gasteiger partial charge in [-0.25, -0.2) is 4.21 Å². The van der Waals surface area contributed by atoms with Gasteiger partial charge < -0.3 is 13.6 Å². The highest BCUT2D eigenvalue weighted by Crippen LogP contribution is 2.49. The fraction of sp³-hybridized carbons (Fsp3) is 0.474. The van der Waals surface area contributed by atoms with Crippen LogP contribution in [0.2, 0.25) is 0 Å². The molecule has 0 fully saturated rings. The van der Waals surface area contributed by atoms with Crippen molar-refractivity contribution in [2.75, 3.05) is 25.6 Å². The number of hydrogen-bond donors (Lipinski definition) is 1. The lowest BCUT2D eigenvalue weighted by Crippen LogP contribution is -2.27. The van der Waals surface area contributed by atoms with Gasteiger partial charge in [-0.1, -0.05) is 66.2 Å². The van der Waals surface area contributed by atoms with Crippen molar-refractivity contribution in [1.82, 2.24) is 0 Å². The molecule has 1 atom stereocenters. The number of Topliss-reactive ketones (excluding diaryl/α,β-unsaturated/α-hetero) is 1. The molecule has 2 aromatic rings. The van der Waals surface area contributed by atoms with Crippen molar-refractivity contribution < 1.29 is 22.3 Å². The molecule has 2 heterocycles. The minimum Gasteiger partial charge on any atom is -0.344 e. The first-order valence-electron chi connectivity index (χ1n) is 16.4. The lowest BCUT2D eigenvalue weighted by molar-refractivity contribution is -0.401. The minimum atomic E-state index is -2.01. The number of fused-ring (bicyclic) bond motifs is 2. The number of allylic oxidation sites excluding steroid dienone is 6. The zero-order chi connectivity index (χ0) is 34.2. The SMILES string of the molecule is CC.COSc1ccc2c(c1)C(C)(C)\C(=C/C=C/C=C/C1=[N+](C)c3ccc(S(=O)O)cc3C1(C)C)N2CCCCCC(=O)C(C)C. The molecule has 8 heteroatoms. The summed E-state index contributed by atoms with van der Waals surface area (Å²) in [7, 11) is 3.73. The molecule has 0 spiro atoms. The van der Waals surface area contributed by atoms with E-state index in [0.717, 1.165) is 47.7 Å². The Morgan fingerprint density at radius 1 is 1.00 bits per heavy atom. The molecule has 0 aliphatic carbocycles. The average Bonchev–Trinajstić information content (AvgIpc) is 3.35. The Morgan fingerprint density at radius 2 is 1.72 bits per heavy atom. The van der Waals surface area contributed by atoms with E-state index in [4.69, 9.17) is 4.18 Å². The van der Waals surface area contributed by atoms with Crippen molar-refractivity contribution in [2.24, 2.45) is 5.92 Å². The van der Waals surface area contributed by atoms with Gasteiger partial charge in [0.25, 0.3) is 0 Å². The van der Waals surface area contributed by atoms with Crippen molar-refractivity contribution in [1.29, 1.82) is 0 Å². The summed E-state index contributed by atoms with van der Waals surface area (Å²) < 4.78 is 28.8. The summed E-state index contributed by atoms with van der Waals surface area (Å²) in [4.78, 5) is 16.0. The number of anilines is 1. The van der Waals surface area contributed by atoms with E-state index in [0.29, 0.717) is 17.1 Å². The van der Waals surface area contributed by atoms with Gasteiger partial charge in [0.05, 0.1) is 17.4 Å². The van der Waals surface area contributed by atoms with Gasteiger partial charge in [-0.05, 0) is 68.7 Å². The highest BCUT2D eigenvalue weighted by Gasteiger charge is 2.43. The van der Waals surface area contributed by atoms with Crippen LogP contribution in [0.5, 0.6) is 0 Å². The van der Waals surface area contributed by atoms with E-state index in [9.17, 15) is 13.6 Å². The molecule has 2 aliphatic heterocycles. The third kappa shape index (κ3) is 8.19. The summed E-state index contributed by atoms with van der Waals surface area (Å²) in [6, 6.07) is 12.1. The van der Waals surface area contributed by atoms with Crippen molar-refractivity contribution in [3.05, 3.63) is 83.6 Å². The van der Waals surface area contributed by atoms with Gasteiger partial charge in [0.2, 0.25) is 5.69 Å². The lowest BCUT2D eigenvalue weighted by Gasteiger charge is -2.27. The third-order valence-electron chi connectivity index (χ3n) is 8.93. The summed E-state index contributed by atoms with van der Waals surface area (Å²) in [6.45, 7) is 17.7. The van der Waals surface area contributed by atoms with E-state index in [2.05, 4.69) is 85.7 Å². The zero-order valence-corrected chi connectivity index (χ0v) is 31.0. The summed E-state index contributed by atoms with van der Waals surface area (Å²) in [5.74, 6) is 0.454. The first-order valence-corrected chi connectivity index (χ1v) is 18.2. The monoisotopic (exact) mass is 665 g/mol. The quantitative estimate of drug-likeness (QED) is 0.0756. The van der Waals surface area contributed by atoms with Gasteiger partial charge in [-0.15, -0.1) is 0 Å². The number of unbranched alkanes of at least 4 members (excludes halogenated alkanes) is 2. The number of rotatable bonds is 13. The second-order valence-electron chi connectivity index (χ2n) is 12.9. The van der Waals surface area contributed by atoms with Crippen molar-refractivity contribution >= 4 is 46.0 Å². The molecule has 0 amide bonds. The largest absolute Gasteiger partial charge is 0.344 e. The molecule has 6 nitrogen and oxygen atoms in total. The van der Waals surface area contributed by atoms with Crippen LogP contribution in [-0.2, 0) is 30.9 Å². The molecule has 0 bridgehead atoms. The molecule has 0 saturated carbocycles. The number of hydrogen-bond acceptors (Lipinski definition) is 5. The van der Waals surface area contributed by atoms with Crippen LogP contribution < -0.4 is 4.90 Å². The number of ketones is 1. The van der Waals surface area contributed by atoms with E-state index in [1.807, 2.05) is 46.9 Å². The highest BCUT2D eigenvalue weighted by atomic mass is 32.2. The van der Waals surface area contributed by atoms with E-state index < -0.39 is 11.1 Å². The third-order valence-corrected chi connectivity index (χ3v) is 10.2. The van der Waals surface area contributed by atoms with Crippen molar-refractivity contribution in [3.8, 4) is 0 Å². The summed E-state index contributed by atoms with van der Waals surface area (Å²) >= 11 is -0.628. The van der Waals surface area contributed by atoms with Gasteiger partial charge in [0, 0.05) is 70.3 Å². The summed E-state index contributed by atoms with van der Waals surface area (Å²) in [5, 5.41) is 0. The molecule has 1 N–H and O–H groups in total. The van der Waals surface area contributed by atoms with Gasteiger partial charge in [-0.3, -0.25) is 4.79 Å². The maximum atomic E-state index is 12.1. The molecule has 4 rings (SSSR count). The Labute approximate surface area is 284 Å². The number of nitrogens with zero attached hydrogens (tertiary/aromatic N) is 2. The second-order valence-corrected chi connectivity index (χ2v) is 14.9. The smallest absolute Gasteiger partial charge is 0.209 e. The Morgan fingerprint density at radius 3 is 2.37 bits per heavy atom. The maximum absolute atomic E-state index is 12.1.